The van der Waals surface area contributed by atoms with Gasteiger partial charge in [0, 0.05) is 26.3 Å². The number of aliphatic hydroxyl groups is 1. The highest BCUT2D eigenvalue weighted by Gasteiger charge is 2.17. The Labute approximate surface area is 85.1 Å². The summed E-state index contributed by atoms with van der Waals surface area (Å²) in [4.78, 5) is 0. The topological polar surface area (TPSA) is 41.5 Å². The molecule has 0 radical (unpaired) electrons. The zero-order chi connectivity index (χ0) is 9.80. The van der Waals surface area contributed by atoms with Gasteiger partial charge in [0.05, 0.1) is 6.10 Å². The lowest BCUT2D eigenvalue weighted by Crippen LogP contribution is -2.32. The first-order valence-electron chi connectivity index (χ1n) is 5.50. The van der Waals surface area contributed by atoms with E-state index in [-0.39, 0.29) is 6.10 Å². The highest BCUT2D eigenvalue weighted by Crippen LogP contribution is 2.21. The highest BCUT2D eigenvalue weighted by molar-refractivity contribution is 5.11. The van der Waals surface area contributed by atoms with Crippen molar-refractivity contribution in [2.45, 2.75) is 25.4 Å². The summed E-state index contributed by atoms with van der Waals surface area (Å²) >= 11 is 0. The first-order valence-corrected chi connectivity index (χ1v) is 5.50. The molecule has 80 valence electrons. The minimum Gasteiger partial charge on any atom is -0.388 e. The molecular weight excluding hydrogens is 178 g/mol. The Morgan fingerprint density at radius 1 is 1.57 bits per heavy atom. The van der Waals surface area contributed by atoms with Crippen LogP contribution >= 0.6 is 0 Å². The van der Waals surface area contributed by atoms with Crippen LogP contribution in [0.3, 0.4) is 0 Å². The molecule has 3 nitrogen and oxygen atoms in total. The molecule has 0 saturated carbocycles. The first kappa shape index (κ1) is 10.1. The van der Waals surface area contributed by atoms with Gasteiger partial charge in [0.15, 0.2) is 0 Å². The van der Waals surface area contributed by atoms with E-state index in [1.54, 1.807) is 0 Å². The summed E-state index contributed by atoms with van der Waals surface area (Å²) in [6.45, 7) is 3.52. The van der Waals surface area contributed by atoms with Crippen molar-refractivity contribution in [3.8, 4) is 0 Å². The van der Waals surface area contributed by atoms with Crippen molar-refractivity contribution in [3.63, 3.8) is 0 Å². The Balaban J connectivity index is 1.73. The van der Waals surface area contributed by atoms with Gasteiger partial charge in [-0.15, -0.1) is 0 Å². The highest BCUT2D eigenvalue weighted by atomic mass is 16.5. The van der Waals surface area contributed by atoms with Crippen LogP contribution in [0.4, 0.5) is 0 Å². The predicted octanol–water partition coefficient (Wildman–Crippen LogP) is 0.694. The van der Waals surface area contributed by atoms with E-state index in [0.29, 0.717) is 6.54 Å². The average molecular weight is 197 g/mol. The van der Waals surface area contributed by atoms with E-state index >= 15 is 0 Å². The van der Waals surface area contributed by atoms with Gasteiger partial charge in [-0.3, -0.25) is 0 Å². The summed E-state index contributed by atoms with van der Waals surface area (Å²) < 4.78 is 5.33. The van der Waals surface area contributed by atoms with E-state index in [2.05, 4.69) is 5.32 Å². The normalized spacial score (nSPS) is 33.1. The second-order valence-electron chi connectivity index (χ2n) is 4.29. The zero-order valence-electron chi connectivity index (χ0n) is 8.54. The maximum absolute atomic E-state index is 9.41. The smallest absolute Gasteiger partial charge is 0.0848 e. The standard InChI is InChI=1S/C11H19NO2/c13-11-5-10(6-12-7-11)2-1-9-3-4-14-8-9/h5,9,11-13H,1-4,6-8H2. The summed E-state index contributed by atoms with van der Waals surface area (Å²) in [5.74, 6) is 0.745. The fourth-order valence-electron chi connectivity index (χ4n) is 2.14. The molecule has 0 bridgehead atoms. The van der Waals surface area contributed by atoms with Gasteiger partial charge in [-0.25, -0.2) is 0 Å². The van der Waals surface area contributed by atoms with Gasteiger partial charge in [-0.1, -0.05) is 11.6 Å². The Hall–Kier alpha value is -0.380. The van der Waals surface area contributed by atoms with E-state index in [1.165, 1.54) is 18.4 Å². The second-order valence-corrected chi connectivity index (χ2v) is 4.29. The van der Waals surface area contributed by atoms with Crippen molar-refractivity contribution in [1.82, 2.24) is 5.32 Å². The Morgan fingerprint density at radius 3 is 3.21 bits per heavy atom. The molecule has 2 atom stereocenters. The molecule has 2 aliphatic heterocycles. The fraction of sp³-hybridized carbons (Fsp3) is 0.818. The van der Waals surface area contributed by atoms with Crippen LogP contribution in [-0.2, 0) is 4.74 Å². The molecule has 3 heteroatoms. The first-order chi connectivity index (χ1) is 6.84. The molecule has 14 heavy (non-hydrogen) atoms. The quantitative estimate of drug-likeness (QED) is 0.654. The van der Waals surface area contributed by atoms with Gasteiger partial charge in [0.2, 0.25) is 0 Å². The van der Waals surface area contributed by atoms with E-state index in [4.69, 9.17) is 4.74 Å². The van der Waals surface area contributed by atoms with E-state index in [1.807, 2.05) is 6.08 Å². The van der Waals surface area contributed by atoms with Gasteiger partial charge < -0.3 is 15.2 Å². The Kier molecular flexibility index (Phi) is 3.56. The summed E-state index contributed by atoms with van der Waals surface area (Å²) in [6, 6.07) is 0. The lowest BCUT2D eigenvalue weighted by molar-refractivity contribution is 0.184. The molecule has 1 saturated heterocycles. The molecule has 0 spiro atoms. The number of aliphatic hydroxyl groups excluding tert-OH is 1. The maximum Gasteiger partial charge on any atom is 0.0848 e. The fourth-order valence-corrected chi connectivity index (χ4v) is 2.14. The summed E-state index contributed by atoms with van der Waals surface area (Å²) in [6.07, 6.45) is 5.26. The summed E-state index contributed by atoms with van der Waals surface area (Å²) in [5, 5.41) is 12.6. The minimum atomic E-state index is -0.279. The van der Waals surface area contributed by atoms with Crippen LogP contribution in [0.5, 0.6) is 0 Å². The lowest BCUT2D eigenvalue weighted by atomic mass is 9.97. The molecule has 2 rings (SSSR count). The number of ether oxygens (including phenoxy) is 1. The summed E-state index contributed by atoms with van der Waals surface area (Å²) in [5.41, 5.74) is 1.36. The van der Waals surface area contributed by atoms with Crippen molar-refractivity contribution in [3.05, 3.63) is 11.6 Å². The number of rotatable bonds is 3. The van der Waals surface area contributed by atoms with Gasteiger partial charge >= 0.3 is 0 Å². The van der Waals surface area contributed by atoms with Crippen molar-refractivity contribution >= 4 is 0 Å². The number of nitrogens with one attached hydrogen (secondary N) is 1. The molecule has 2 heterocycles. The minimum absolute atomic E-state index is 0.279. The lowest BCUT2D eigenvalue weighted by Gasteiger charge is -2.19. The van der Waals surface area contributed by atoms with Crippen LogP contribution in [0, 0.1) is 5.92 Å². The SMILES string of the molecule is OC1C=C(CCC2CCOC2)CNC1. The summed E-state index contributed by atoms with van der Waals surface area (Å²) in [7, 11) is 0. The largest absolute Gasteiger partial charge is 0.388 e. The van der Waals surface area contributed by atoms with Crippen LogP contribution in [-0.4, -0.2) is 37.5 Å². The van der Waals surface area contributed by atoms with Crippen LogP contribution in [0.15, 0.2) is 11.6 Å². The van der Waals surface area contributed by atoms with E-state index in [9.17, 15) is 5.11 Å². The van der Waals surface area contributed by atoms with E-state index in [0.717, 1.165) is 32.1 Å². The molecule has 0 amide bonds. The molecule has 2 aliphatic rings. The van der Waals surface area contributed by atoms with Gasteiger partial charge in [-0.05, 0) is 25.2 Å². The molecule has 0 aliphatic carbocycles. The third kappa shape index (κ3) is 2.80. The third-order valence-electron chi connectivity index (χ3n) is 3.03. The molecule has 2 unspecified atom stereocenters. The predicted molar refractivity (Wildman–Crippen MR) is 55.1 cm³/mol. The van der Waals surface area contributed by atoms with Gasteiger partial charge in [-0.2, -0.15) is 0 Å². The number of hydrogen-bond donors (Lipinski definition) is 2. The molecular formula is C11H19NO2. The van der Waals surface area contributed by atoms with Gasteiger partial charge in [0.1, 0.15) is 0 Å². The molecule has 0 aromatic heterocycles. The number of hydrogen-bond acceptors (Lipinski definition) is 3. The molecule has 1 fully saturated rings. The van der Waals surface area contributed by atoms with E-state index < -0.39 is 0 Å². The third-order valence-corrected chi connectivity index (χ3v) is 3.03. The molecule has 2 N–H and O–H groups in total. The van der Waals surface area contributed by atoms with Crippen molar-refractivity contribution < 1.29 is 9.84 Å². The monoisotopic (exact) mass is 197 g/mol. The van der Waals surface area contributed by atoms with Crippen molar-refractivity contribution in [2.24, 2.45) is 5.92 Å². The van der Waals surface area contributed by atoms with Crippen molar-refractivity contribution in [1.29, 1.82) is 0 Å². The van der Waals surface area contributed by atoms with Crippen LogP contribution in [0.1, 0.15) is 19.3 Å². The zero-order valence-corrected chi connectivity index (χ0v) is 8.54. The maximum atomic E-state index is 9.41. The van der Waals surface area contributed by atoms with Crippen LogP contribution in [0.2, 0.25) is 0 Å². The molecule has 0 aromatic carbocycles. The number of β-amino-alcohol motifs (C(OH)–C–C–N with tert-alkyl or cyclic N) is 1. The van der Waals surface area contributed by atoms with Gasteiger partial charge in [0.25, 0.3) is 0 Å². The Bertz CT molecular complexity index is 209. The van der Waals surface area contributed by atoms with Crippen LogP contribution < -0.4 is 5.32 Å². The van der Waals surface area contributed by atoms with Crippen LogP contribution in [0.25, 0.3) is 0 Å². The second kappa shape index (κ2) is 4.91. The average Bonchev–Trinajstić information content (AvgIpc) is 2.67. The molecule has 0 aromatic rings. The van der Waals surface area contributed by atoms with Crippen molar-refractivity contribution in [2.75, 3.05) is 26.3 Å². The Morgan fingerprint density at radius 2 is 2.50 bits per heavy atom.